The predicted molar refractivity (Wildman–Crippen MR) is 141 cm³/mol. The number of halogens is 1. The zero-order chi connectivity index (χ0) is 25.1. The van der Waals surface area contributed by atoms with Gasteiger partial charge in [0, 0.05) is 55.1 Å². The van der Waals surface area contributed by atoms with E-state index in [1.54, 1.807) is 12.1 Å². The van der Waals surface area contributed by atoms with Gasteiger partial charge in [-0.05, 0) is 72.1 Å². The molecule has 8 rings (SSSR count). The van der Waals surface area contributed by atoms with Gasteiger partial charge in [0.05, 0.1) is 11.2 Å². The van der Waals surface area contributed by atoms with Gasteiger partial charge in [-0.15, -0.1) is 0 Å². The second kappa shape index (κ2) is 7.22. The van der Waals surface area contributed by atoms with Crippen LogP contribution in [0.2, 0.25) is 0 Å². The Morgan fingerprint density at radius 1 is 1.19 bits per heavy atom. The van der Waals surface area contributed by atoms with Gasteiger partial charge in [-0.2, -0.15) is 9.97 Å². The minimum Gasteiger partial charge on any atom is -0.424 e. The van der Waals surface area contributed by atoms with Crippen LogP contribution >= 0.6 is 0 Å². The predicted octanol–water partition coefficient (Wildman–Crippen LogP) is 4.37. The lowest BCUT2D eigenvalue weighted by molar-refractivity contribution is 0.194. The summed E-state index contributed by atoms with van der Waals surface area (Å²) >= 11 is 0. The van der Waals surface area contributed by atoms with E-state index in [9.17, 15) is 4.39 Å². The number of aromatic nitrogens is 2. The molecule has 37 heavy (non-hydrogen) atoms. The normalized spacial score (nSPS) is 25.2. The molecule has 188 valence electrons. The van der Waals surface area contributed by atoms with Gasteiger partial charge in [-0.3, -0.25) is 0 Å². The average Bonchev–Trinajstić information content (AvgIpc) is 3.31. The highest BCUT2D eigenvalue weighted by Crippen LogP contribution is 2.54. The first-order valence-electron chi connectivity index (χ1n) is 13.1. The molecule has 4 N–H and O–H groups in total. The van der Waals surface area contributed by atoms with E-state index in [1.165, 1.54) is 5.56 Å². The zero-order valence-corrected chi connectivity index (χ0v) is 20.8. The van der Waals surface area contributed by atoms with Gasteiger partial charge < -0.3 is 26.0 Å². The highest BCUT2D eigenvalue weighted by molar-refractivity contribution is 5.88. The van der Waals surface area contributed by atoms with Gasteiger partial charge in [0.25, 0.3) is 0 Å². The van der Waals surface area contributed by atoms with E-state index in [0.717, 1.165) is 77.5 Å². The molecule has 3 heterocycles. The van der Waals surface area contributed by atoms with Crippen LogP contribution in [0, 0.1) is 17.7 Å². The van der Waals surface area contributed by atoms with Crippen molar-refractivity contribution in [3.8, 4) is 22.9 Å². The Balaban J connectivity index is 1.21. The van der Waals surface area contributed by atoms with Crippen LogP contribution in [0.15, 0.2) is 36.9 Å². The van der Waals surface area contributed by atoms with Crippen molar-refractivity contribution in [2.75, 3.05) is 30.4 Å². The fraction of sp³-hybridized carbons (Fsp3) is 0.379. The van der Waals surface area contributed by atoms with E-state index < -0.39 is 0 Å². The molecule has 2 unspecified atom stereocenters. The molecule has 3 fully saturated rings. The molecule has 2 aliphatic heterocycles. The maximum Gasteiger partial charge on any atom is 0.324 e. The topological polar surface area (TPSA) is 88.3 Å². The molecule has 1 aromatic heterocycles. The van der Waals surface area contributed by atoms with Crippen molar-refractivity contribution in [3.63, 3.8) is 0 Å². The van der Waals surface area contributed by atoms with Gasteiger partial charge in [-0.25, -0.2) is 4.39 Å². The SMILES string of the molecule is C=C1NC2(CC2)c2ccc(Oc3nc4c(c(N5CC6C[C@@H](N)C6C5)n3)-c3cc(F)cc(NC)c3C4)cc21. The molecular formula is C29H29FN6O. The number of hydrogen-bond acceptors (Lipinski definition) is 7. The van der Waals surface area contributed by atoms with Crippen molar-refractivity contribution < 1.29 is 9.13 Å². The summed E-state index contributed by atoms with van der Waals surface area (Å²) in [5.41, 5.74) is 14.2. The van der Waals surface area contributed by atoms with E-state index in [-0.39, 0.29) is 17.4 Å². The highest BCUT2D eigenvalue weighted by atomic mass is 19.1. The molecule has 0 bridgehead atoms. The first-order chi connectivity index (χ1) is 17.9. The number of nitrogens with one attached hydrogen (secondary N) is 2. The number of ether oxygens (including phenoxy) is 1. The summed E-state index contributed by atoms with van der Waals surface area (Å²) in [4.78, 5) is 12.1. The molecule has 3 aromatic rings. The van der Waals surface area contributed by atoms with Gasteiger partial charge >= 0.3 is 6.01 Å². The van der Waals surface area contributed by atoms with Crippen LogP contribution < -0.4 is 26.0 Å². The molecule has 3 atom stereocenters. The number of fused-ring (bicyclic) bond motifs is 6. The van der Waals surface area contributed by atoms with Crippen LogP contribution in [0.3, 0.4) is 0 Å². The molecule has 0 amide bonds. The number of hydrogen-bond donors (Lipinski definition) is 3. The molecule has 1 saturated heterocycles. The third kappa shape index (κ3) is 3.02. The lowest BCUT2D eigenvalue weighted by Gasteiger charge is -2.36. The van der Waals surface area contributed by atoms with Crippen LogP contribution in [0.25, 0.3) is 16.8 Å². The molecule has 2 aromatic carbocycles. The first kappa shape index (κ1) is 21.4. The molecule has 7 nitrogen and oxygen atoms in total. The molecule has 3 aliphatic carbocycles. The summed E-state index contributed by atoms with van der Waals surface area (Å²) in [7, 11) is 1.82. The molecule has 5 aliphatic rings. The lowest BCUT2D eigenvalue weighted by atomic mass is 9.72. The van der Waals surface area contributed by atoms with Crippen molar-refractivity contribution in [3.05, 3.63) is 65.1 Å². The molecule has 0 radical (unpaired) electrons. The Morgan fingerprint density at radius 3 is 2.81 bits per heavy atom. The van der Waals surface area contributed by atoms with Gasteiger partial charge in [-0.1, -0.05) is 12.6 Å². The zero-order valence-electron chi connectivity index (χ0n) is 20.8. The van der Waals surface area contributed by atoms with Crippen LogP contribution in [0.1, 0.15) is 41.6 Å². The second-order valence-electron chi connectivity index (χ2n) is 11.3. The number of anilines is 2. The summed E-state index contributed by atoms with van der Waals surface area (Å²) in [6, 6.07) is 9.87. The third-order valence-corrected chi connectivity index (χ3v) is 9.14. The van der Waals surface area contributed by atoms with Crippen molar-refractivity contribution in [2.24, 2.45) is 17.6 Å². The fourth-order valence-corrected chi connectivity index (χ4v) is 7.03. The highest BCUT2D eigenvalue weighted by Gasteiger charge is 2.50. The van der Waals surface area contributed by atoms with Crippen molar-refractivity contribution in [1.82, 2.24) is 15.3 Å². The minimum absolute atomic E-state index is 0.0736. The maximum atomic E-state index is 14.6. The monoisotopic (exact) mass is 496 g/mol. The fourth-order valence-electron chi connectivity index (χ4n) is 7.03. The Morgan fingerprint density at radius 2 is 2.05 bits per heavy atom. The Labute approximate surface area is 214 Å². The van der Waals surface area contributed by atoms with Crippen molar-refractivity contribution in [2.45, 2.75) is 37.3 Å². The van der Waals surface area contributed by atoms with Crippen molar-refractivity contribution in [1.29, 1.82) is 0 Å². The minimum atomic E-state index is -0.272. The molecule has 2 saturated carbocycles. The van der Waals surface area contributed by atoms with Gasteiger partial charge in [0.2, 0.25) is 0 Å². The number of rotatable bonds is 4. The number of benzene rings is 2. The van der Waals surface area contributed by atoms with E-state index in [0.29, 0.717) is 30.0 Å². The second-order valence-corrected chi connectivity index (χ2v) is 11.3. The van der Waals surface area contributed by atoms with Crippen LogP contribution in [0.5, 0.6) is 11.8 Å². The van der Waals surface area contributed by atoms with Crippen LogP contribution in [-0.4, -0.2) is 36.1 Å². The summed E-state index contributed by atoms with van der Waals surface area (Å²) < 4.78 is 20.9. The Kier molecular flexibility index (Phi) is 4.18. The Hall–Kier alpha value is -3.65. The third-order valence-electron chi connectivity index (χ3n) is 9.14. The Bertz CT molecular complexity index is 1510. The lowest BCUT2D eigenvalue weighted by Crippen LogP contribution is -2.46. The average molecular weight is 497 g/mol. The van der Waals surface area contributed by atoms with E-state index in [1.807, 2.05) is 19.2 Å². The number of nitrogens with two attached hydrogens (primary N) is 1. The number of nitrogens with zero attached hydrogens (tertiary/aromatic N) is 3. The van der Waals surface area contributed by atoms with Crippen LogP contribution in [0.4, 0.5) is 15.9 Å². The molecule has 8 heteroatoms. The first-order valence-corrected chi connectivity index (χ1v) is 13.1. The van der Waals surface area contributed by atoms with E-state index >= 15 is 0 Å². The standard InChI is InChI=1S/C29H29FN6O/c1-14-18-10-17(3-4-22(18)29(35-14)5-6-29)37-28-33-25-11-19-20(8-16(30)9-24(19)32-2)26(25)27(34-28)36-12-15-7-23(31)21(15)13-36/h3-4,8-10,15,21,23,32,35H,1,5-7,11-13,31H2,2H3/t15?,21?,23-/m1/s1. The van der Waals surface area contributed by atoms with E-state index in [2.05, 4.69) is 28.2 Å². The van der Waals surface area contributed by atoms with Gasteiger partial charge in [0.15, 0.2) is 0 Å². The largest absolute Gasteiger partial charge is 0.424 e. The van der Waals surface area contributed by atoms with Crippen molar-refractivity contribution >= 4 is 17.2 Å². The van der Waals surface area contributed by atoms with E-state index in [4.69, 9.17) is 20.4 Å². The van der Waals surface area contributed by atoms with Crippen LogP contribution in [-0.2, 0) is 12.0 Å². The molecular weight excluding hydrogens is 467 g/mol. The maximum absolute atomic E-state index is 14.6. The summed E-state index contributed by atoms with van der Waals surface area (Å²) in [6.07, 6.45) is 3.91. The summed E-state index contributed by atoms with van der Waals surface area (Å²) in [6.45, 7) is 5.97. The van der Waals surface area contributed by atoms with Gasteiger partial charge in [0.1, 0.15) is 17.4 Å². The summed E-state index contributed by atoms with van der Waals surface area (Å²) in [5, 5.41) is 6.70. The quantitative estimate of drug-likeness (QED) is 0.387. The molecule has 1 spiro atoms. The smallest absolute Gasteiger partial charge is 0.324 e. The summed E-state index contributed by atoms with van der Waals surface area (Å²) in [5.74, 6) is 2.28.